The minimum absolute atomic E-state index is 0.350. The summed E-state index contributed by atoms with van der Waals surface area (Å²) in [5.74, 6) is 1.45. The Morgan fingerprint density at radius 3 is 2.78 bits per heavy atom. The number of rotatable bonds is 5. The molecule has 0 aromatic heterocycles. The van der Waals surface area contributed by atoms with Crippen LogP contribution in [0.1, 0.15) is 19.3 Å². The fraction of sp³-hybridized carbons (Fsp3) is 0.500. The molecule has 1 heterocycles. The van der Waals surface area contributed by atoms with Crippen LogP contribution in [0.2, 0.25) is 0 Å². The minimum Gasteiger partial charge on any atom is -0.381 e. The highest BCUT2D eigenvalue weighted by Gasteiger charge is 2.17. The maximum absolute atomic E-state index is 11.9. The quantitative estimate of drug-likeness (QED) is 0.766. The van der Waals surface area contributed by atoms with E-state index >= 15 is 0 Å². The van der Waals surface area contributed by atoms with Crippen LogP contribution >= 0.6 is 27.7 Å². The maximum atomic E-state index is 11.9. The average Bonchev–Trinajstić information content (AvgIpc) is 2.39. The highest BCUT2D eigenvalue weighted by atomic mass is 79.9. The van der Waals surface area contributed by atoms with E-state index in [1.807, 2.05) is 24.3 Å². The van der Waals surface area contributed by atoms with Crippen LogP contribution in [0.15, 0.2) is 33.6 Å². The predicted molar refractivity (Wildman–Crippen MR) is 78.0 cm³/mol. The Hall–Kier alpha value is -0.320. The Labute approximate surface area is 121 Å². The molecule has 1 aromatic carbocycles. The predicted octanol–water partition coefficient (Wildman–Crippen LogP) is 3.93. The molecule has 0 saturated carbocycles. The van der Waals surface area contributed by atoms with E-state index in [4.69, 9.17) is 4.74 Å². The number of benzene rings is 1. The van der Waals surface area contributed by atoms with Crippen LogP contribution in [0, 0.1) is 5.92 Å². The van der Waals surface area contributed by atoms with E-state index < -0.39 is 0 Å². The number of ether oxygens (including phenoxy) is 1. The first-order chi connectivity index (χ1) is 8.75. The minimum atomic E-state index is 0.350. The van der Waals surface area contributed by atoms with E-state index in [-0.39, 0.29) is 0 Å². The van der Waals surface area contributed by atoms with Crippen LogP contribution in [0.3, 0.4) is 0 Å². The van der Waals surface area contributed by atoms with Crippen molar-refractivity contribution in [1.82, 2.24) is 0 Å². The number of carbonyl (C=O) groups is 1. The van der Waals surface area contributed by atoms with E-state index in [1.165, 1.54) is 0 Å². The van der Waals surface area contributed by atoms with Crippen molar-refractivity contribution in [2.75, 3.05) is 19.0 Å². The highest BCUT2D eigenvalue weighted by Crippen LogP contribution is 2.28. The van der Waals surface area contributed by atoms with Gasteiger partial charge in [0.25, 0.3) is 0 Å². The van der Waals surface area contributed by atoms with Gasteiger partial charge in [0, 0.05) is 29.0 Å². The van der Waals surface area contributed by atoms with E-state index in [0.717, 1.165) is 35.4 Å². The Bertz CT molecular complexity index is 403. The molecule has 1 aliphatic rings. The number of thioether (sulfide) groups is 1. The van der Waals surface area contributed by atoms with Crippen molar-refractivity contribution < 1.29 is 9.53 Å². The summed E-state index contributed by atoms with van der Waals surface area (Å²) >= 11 is 5.11. The highest BCUT2D eigenvalue weighted by molar-refractivity contribution is 9.10. The van der Waals surface area contributed by atoms with Gasteiger partial charge in [-0.1, -0.05) is 12.1 Å². The number of Topliss-reactive ketones (excluding diaryl/α,β-unsaturated/α-hetero) is 1. The number of carbonyl (C=O) groups excluding carboxylic acids is 1. The number of hydrogen-bond acceptors (Lipinski definition) is 3. The van der Waals surface area contributed by atoms with Gasteiger partial charge in [-0.3, -0.25) is 4.79 Å². The number of halogens is 1. The van der Waals surface area contributed by atoms with Gasteiger partial charge < -0.3 is 4.74 Å². The van der Waals surface area contributed by atoms with Crippen molar-refractivity contribution in [2.45, 2.75) is 24.2 Å². The molecule has 0 amide bonds. The summed E-state index contributed by atoms with van der Waals surface area (Å²) in [6.07, 6.45) is 2.78. The van der Waals surface area contributed by atoms with Crippen LogP contribution in [0.5, 0.6) is 0 Å². The van der Waals surface area contributed by atoms with Crippen molar-refractivity contribution in [3.05, 3.63) is 28.7 Å². The molecule has 98 valence electrons. The topological polar surface area (TPSA) is 26.3 Å². The van der Waals surface area contributed by atoms with Crippen molar-refractivity contribution >= 4 is 33.5 Å². The van der Waals surface area contributed by atoms with E-state index in [1.54, 1.807) is 11.8 Å². The zero-order valence-corrected chi connectivity index (χ0v) is 12.6. The van der Waals surface area contributed by atoms with Crippen molar-refractivity contribution in [3.8, 4) is 0 Å². The molecule has 1 aliphatic heterocycles. The summed E-state index contributed by atoms with van der Waals surface area (Å²) < 4.78 is 6.37. The van der Waals surface area contributed by atoms with Crippen LogP contribution in [0.25, 0.3) is 0 Å². The summed E-state index contributed by atoms with van der Waals surface area (Å²) in [6, 6.07) is 8.02. The fourth-order valence-corrected chi connectivity index (χ4v) is 3.49. The second-order valence-corrected chi connectivity index (χ2v) is 6.39. The van der Waals surface area contributed by atoms with Gasteiger partial charge >= 0.3 is 0 Å². The van der Waals surface area contributed by atoms with Crippen LogP contribution in [-0.2, 0) is 9.53 Å². The van der Waals surface area contributed by atoms with E-state index in [9.17, 15) is 4.79 Å². The lowest BCUT2D eigenvalue weighted by atomic mass is 9.95. The summed E-state index contributed by atoms with van der Waals surface area (Å²) in [7, 11) is 0. The Balaban J connectivity index is 1.76. The van der Waals surface area contributed by atoms with Gasteiger partial charge in [-0.15, -0.1) is 11.8 Å². The van der Waals surface area contributed by atoms with Gasteiger partial charge in [-0.2, -0.15) is 0 Å². The van der Waals surface area contributed by atoms with Gasteiger partial charge in [0.05, 0.1) is 5.75 Å². The van der Waals surface area contributed by atoms with Gasteiger partial charge in [-0.25, -0.2) is 0 Å². The molecule has 1 fully saturated rings. The van der Waals surface area contributed by atoms with Crippen molar-refractivity contribution in [2.24, 2.45) is 5.92 Å². The van der Waals surface area contributed by atoms with E-state index in [0.29, 0.717) is 23.9 Å². The zero-order chi connectivity index (χ0) is 12.8. The normalized spacial score (nSPS) is 16.7. The third kappa shape index (κ3) is 4.41. The van der Waals surface area contributed by atoms with Gasteiger partial charge in [-0.05, 0) is 46.8 Å². The zero-order valence-electron chi connectivity index (χ0n) is 10.2. The molecule has 0 atom stereocenters. The van der Waals surface area contributed by atoms with Crippen molar-refractivity contribution in [1.29, 1.82) is 0 Å². The molecule has 1 aromatic rings. The Morgan fingerprint density at radius 2 is 2.06 bits per heavy atom. The van der Waals surface area contributed by atoms with Crippen LogP contribution in [-0.4, -0.2) is 24.7 Å². The van der Waals surface area contributed by atoms with Gasteiger partial charge in [0.15, 0.2) is 0 Å². The Kier molecular flexibility index (Phi) is 5.73. The lowest BCUT2D eigenvalue weighted by Crippen LogP contribution is -2.19. The standard InChI is InChI=1S/C14H17BrO2S/c15-13-3-1-2-4-14(13)18-10-12(16)9-11-5-7-17-8-6-11/h1-4,11H,5-10H2. The summed E-state index contributed by atoms with van der Waals surface area (Å²) in [6.45, 7) is 1.63. The molecule has 0 unspecified atom stereocenters. The Morgan fingerprint density at radius 1 is 1.33 bits per heavy atom. The van der Waals surface area contributed by atoms with Gasteiger partial charge in [0.2, 0.25) is 0 Å². The molecule has 0 aliphatic carbocycles. The molecular weight excluding hydrogens is 312 g/mol. The lowest BCUT2D eigenvalue weighted by molar-refractivity contribution is -0.118. The molecule has 2 rings (SSSR count). The summed E-state index contributed by atoms with van der Waals surface area (Å²) in [4.78, 5) is 13.1. The molecule has 1 saturated heterocycles. The number of hydrogen-bond donors (Lipinski definition) is 0. The first-order valence-electron chi connectivity index (χ1n) is 6.22. The SMILES string of the molecule is O=C(CSc1ccccc1Br)CC1CCOCC1. The molecule has 0 bridgehead atoms. The molecule has 0 radical (unpaired) electrons. The molecule has 0 spiro atoms. The summed E-state index contributed by atoms with van der Waals surface area (Å²) in [5.41, 5.74) is 0. The van der Waals surface area contributed by atoms with Crippen LogP contribution < -0.4 is 0 Å². The number of ketones is 1. The smallest absolute Gasteiger partial charge is 0.143 e. The average molecular weight is 329 g/mol. The summed E-state index contributed by atoms with van der Waals surface area (Å²) in [5, 5.41) is 0. The third-order valence-corrected chi connectivity index (χ3v) is 5.17. The molecular formula is C14H17BrO2S. The molecule has 0 N–H and O–H groups in total. The monoisotopic (exact) mass is 328 g/mol. The largest absolute Gasteiger partial charge is 0.381 e. The van der Waals surface area contributed by atoms with E-state index in [2.05, 4.69) is 15.9 Å². The second-order valence-electron chi connectivity index (χ2n) is 4.52. The first-order valence-corrected chi connectivity index (χ1v) is 8.00. The van der Waals surface area contributed by atoms with Crippen LogP contribution in [0.4, 0.5) is 0 Å². The second kappa shape index (κ2) is 7.31. The molecule has 2 nitrogen and oxygen atoms in total. The fourth-order valence-electron chi connectivity index (χ4n) is 2.05. The lowest BCUT2D eigenvalue weighted by Gasteiger charge is -2.21. The molecule has 4 heteroatoms. The molecule has 18 heavy (non-hydrogen) atoms. The van der Waals surface area contributed by atoms with Gasteiger partial charge in [0.1, 0.15) is 5.78 Å². The first kappa shape index (κ1) is 14.1. The van der Waals surface area contributed by atoms with Crippen molar-refractivity contribution in [3.63, 3.8) is 0 Å². The maximum Gasteiger partial charge on any atom is 0.143 e. The third-order valence-electron chi connectivity index (χ3n) is 3.08.